The molecule has 0 atom stereocenters. The molecule has 12 heavy (non-hydrogen) atoms. The van der Waals surface area contributed by atoms with E-state index in [-0.39, 0.29) is 0 Å². The van der Waals surface area contributed by atoms with Crippen molar-refractivity contribution in [2.45, 2.75) is 37.0 Å². The van der Waals surface area contributed by atoms with Crippen LogP contribution in [0.25, 0.3) is 0 Å². The predicted molar refractivity (Wildman–Crippen MR) is 58.2 cm³/mol. The largest absolute Gasteiger partial charge is 0.501 e. The highest BCUT2D eigenvalue weighted by Gasteiger charge is 1.99. The van der Waals surface area contributed by atoms with Gasteiger partial charge in [0.1, 0.15) is 0 Å². The lowest BCUT2D eigenvalue weighted by atomic mass is 10.9. The Morgan fingerprint density at radius 3 is 1.00 bits per heavy atom. The second kappa shape index (κ2) is 12.0. The van der Waals surface area contributed by atoms with Crippen LogP contribution in [0.5, 0.6) is 0 Å². The molecule has 0 fully saturated rings. The van der Waals surface area contributed by atoms with Crippen molar-refractivity contribution in [3.8, 4) is 0 Å². The van der Waals surface area contributed by atoms with Gasteiger partial charge in [-0.1, -0.05) is 23.1 Å². The zero-order valence-electron chi connectivity index (χ0n) is 9.39. The first-order valence-electron chi connectivity index (χ1n) is 4.77. The zero-order valence-corrected chi connectivity index (χ0v) is 11.7. The van der Waals surface area contributed by atoms with E-state index in [4.69, 9.17) is 7.58 Å². The highest BCUT2D eigenvalue weighted by molar-refractivity contribution is 6.48. The van der Waals surface area contributed by atoms with Gasteiger partial charge in [-0.25, -0.2) is 0 Å². The Morgan fingerprint density at radius 2 is 1.00 bits per heavy atom. The van der Waals surface area contributed by atoms with Gasteiger partial charge in [0.25, 0.3) is 0 Å². The van der Waals surface area contributed by atoms with Gasteiger partial charge in [-0.05, 0) is 13.8 Å². The summed E-state index contributed by atoms with van der Waals surface area (Å²) in [4.78, 5) is 0. The molecule has 0 heterocycles. The summed E-state index contributed by atoms with van der Waals surface area (Å²) in [5, 5.41) is 0. The summed E-state index contributed by atoms with van der Waals surface area (Å²) < 4.78 is 10.4. The third-order valence-electron chi connectivity index (χ3n) is 1.00. The Balaban J connectivity index is 0. The molecule has 0 spiro atoms. The average Bonchev–Trinajstić information content (AvgIpc) is 1.87. The van der Waals surface area contributed by atoms with E-state index in [1.54, 1.807) is 0 Å². The van der Waals surface area contributed by atoms with Crippen molar-refractivity contribution >= 4 is 29.0 Å². The number of hydrogen-bond donors (Lipinski definition) is 0. The quantitative estimate of drug-likeness (QED) is 0.655. The molecule has 0 aliphatic rings. The molecule has 0 N–H and O–H groups in total. The summed E-state index contributed by atoms with van der Waals surface area (Å²) in [6, 6.07) is 0. The summed E-state index contributed by atoms with van der Waals surface area (Å²) in [6.07, 6.45) is 0. The van der Waals surface area contributed by atoms with E-state index in [1.807, 2.05) is 13.8 Å². The van der Waals surface area contributed by atoms with Crippen LogP contribution in [0.1, 0.15) is 13.8 Å². The second-order valence-corrected chi connectivity index (χ2v) is 7.87. The first kappa shape index (κ1) is 15.5. The van der Waals surface area contributed by atoms with Crippen molar-refractivity contribution in [2.75, 3.05) is 13.2 Å². The van der Waals surface area contributed by atoms with Gasteiger partial charge in [0.05, 0.1) is 0 Å². The van der Waals surface area contributed by atoms with Crippen LogP contribution >= 0.6 is 0 Å². The topological polar surface area (TPSA) is 18.5 Å². The van der Waals surface area contributed by atoms with E-state index in [9.17, 15) is 0 Å². The Hall–Kier alpha value is 0.985. The van der Waals surface area contributed by atoms with Crippen molar-refractivity contribution in [3.63, 3.8) is 0 Å². The predicted octanol–water partition coefficient (Wildman–Crippen LogP) is 2.55. The maximum Gasteiger partial charge on any atom is 0.453 e. The molecule has 0 aliphatic heterocycles. The molecular weight excluding hydrogens is 182 g/mol. The third kappa shape index (κ3) is 22.4. The molecule has 2 nitrogen and oxygen atoms in total. The van der Waals surface area contributed by atoms with Gasteiger partial charge in [0.15, 0.2) is 0 Å². The van der Waals surface area contributed by atoms with Gasteiger partial charge >= 0.3 is 29.0 Å². The lowest BCUT2D eigenvalue weighted by Crippen LogP contribution is -2.05. The SMILES string of the molecule is CC[O][Al]([CH3])[CH3].CC[O][Al]([CH3])[CH3]. The zero-order chi connectivity index (χ0) is 9.98. The Labute approximate surface area is 86.7 Å². The highest BCUT2D eigenvalue weighted by atomic mass is 27.2. The molecule has 0 aliphatic carbocycles. The number of rotatable bonds is 4. The standard InChI is InChI=1S/2C2H5O.4CH3.2Al/c2*1-2-3;;;;;;/h2*2H2,1H3;4*1H3;;/q2*-1;;;;;2*+1. The molecule has 0 aromatic rings. The van der Waals surface area contributed by atoms with E-state index < -0.39 is 29.0 Å². The molecule has 4 heteroatoms. The van der Waals surface area contributed by atoms with Crippen LogP contribution in [0.2, 0.25) is 23.1 Å². The third-order valence-corrected chi connectivity index (χ3v) is 3.00. The van der Waals surface area contributed by atoms with Crippen LogP contribution in [0, 0.1) is 0 Å². The van der Waals surface area contributed by atoms with Gasteiger partial charge in [-0.2, -0.15) is 0 Å². The maximum atomic E-state index is 5.18. The van der Waals surface area contributed by atoms with Gasteiger partial charge in [-0.15, -0.1) is 0 Å². The van der Waals surface area contributed by atoms with Crippen LogP contribution < -0.4 is 0 Å². The van der Waals surface area contributed by atoms with Gasteiger partial charge < -0.3 is 7.58 Å². The van der Waals surface area contributed by atoms with Crippen LogP contribution in [-0.4, -0.2) is 42.2 Å². The van der Waals surface area contributed by atoms with Crippen LogP contribution in [0.3, 0.4) is 0 Å². The normalized spacial score (nSPS) is 8.50. The first-order valence-corrected chi connectivity index (χ1v) is 10.3. The fourth-order valence-corrected chi connectivity index (χ4v) is 2.00. The van der Waals surface area contributed by atoms with Gasteiger partial charge in [0.2, 0.25) is 0 Å². The van der Waals surface area contributed by atoms with Crippen LogP contribution in [0.4, 0.5) is 0 Å². The van der Waals surface area contributed by atoms with Crippen LogP contribution in [-0.2, 0) is 7.58 Å². The average molecular weight is 204 g/mol. The molecule has 72 valence electrons. The summed E-state index contributed by atoms with van der Waals surface area (Å²) in [7, 11) is 0. The van der Waals surface area contributed by atoms with E-state index in [0.29, 0.717) is 0 Å². The van der Waals surface area contributed by atoms with E-state index >= 15 is 0 Å². The van der Waals surface area contributed by atoms with Crippen molar-refractivity contribution in [1.82, 2.24) is 0 Å². The minimum atomic E-state index is -0.671. The molecular formula is C8H22Al2O2. The van der Waals surface area contributed by atoms with Gasteiger partial charge in [-0.3, -0.25) is 0 Å². The molecule has 0 unspecified atom stereocenters. The molecule has 0 saturated carbocycles. The molecule has 0 rings (SSSR count). The van der Waals surface area contributed by atoms with Crippen molar-refractivity contribution < 1.29 is 7.58 Å². The van der Waals surface area contributed by atoms with Crippen molar-refractivity contribution in [1.29, 1.82) is 0 Å². The molecule has 0 aromatic heterocycles. The fraction of sp³-hybridized carbons (Fsp3) is 1.00. The minimum absolute atomic E-state index is 0.671. The lowest BCUT2D eigenvalue weighted by Gasteiger charge is -1.95. The Bertz CT molecular complexity index is 67.5. The fourth-order valence-electron chi connectivity index (χ4n) is 0.667. The van der Waals surface area contributed by atoms with Crippen molar-refractivity contribution in [3.05, 3.63) is 0 Å². The monoisotopic (exact) mass is 204 g/mol. The Kier molecular flexibility index (Phi) is 15.4. The van der Waals surface area contributed by atoms with Crippen molar-refractivity contribution in [2.24, 2.45) is 0 Å². The second-order valence-electron chi connectivity index (χ2n) is 3.01. The molecule has 0 saturated heterocycles. The maximum absolute atomic E-state index is 5.18. The molecule has 0 aromatic carbocycles. The van der Waals surface area contributed by atoms with E-state index in [2.05, 4.69) is 23.1 Å². The Morgan fingerprint density at radius 1 is 0.750 bits per heavy atom. The summed E-state index contributed by atoms with van der Waals surface area (Å²) in [5.41, 5.74) is 0. The summed E-state index contributed by atoms with van der Waals surface area (Å²) in [6.45, 7) is 5.85. The summed E-state index contributed by atoms with van der Waals surface area (Å²) in [5.74, 6) is 8.68. The molecule has 0 radical (unpaired) electrons. The molecule has 0 amide bonds. The number of hydrogen-bond acceptors (Lipinski definition) is 2. The summed E-state index contributed by atoms with van der Waals surface area (Å²) >= 11 is -1.34. The molecule has 0 bridgehead atoms. The van der Waals surface area contributed by atoms with E-state index in [1.165, 1.54) is 0 Å². The van der Waals surface area contributed by atoms with Crippen LogP contribution in [0.15, 0.2) is 0 Å². The smallest absolute Gasteiger partial charge is 0.453 e. The highest BCUT2D eigenvalue weighted by Crippen LogP contribution is 1.79. The lowest BCUT2D eigenvalue weighted by molar-refractivity contribution is 0.350. The van der Waals surface area contributed by atoms with E-state index in [0.717, 1.165) is 13.2 Å². The minimum Gasteiger partial charge on any atom is -0.501 e. The first-order chi connectivity index (χ1) is 5.54. The van der Waals surface area contributed by atoms with Gasteiger partial charge in [0, 0.05) is 13.2 Å².